The molecule has 0 aliphatic heterocycles. The van der Waals surface area contributed by atoms with E-state index in [9.17, 15) is 23.1 Å². The third kappa shape index (κ3) is 6.21. The van der Waals surface area contributed by atoms with Crippen LogP contribution in [0.15, 0.2) is 42.5 Å². The third-order valence-electron chi connectivity index (χ3n) is 4.47. The molecule has 1 N–H and O–H groups in total. The van der Waals surface area contributed by atoms with Crippen LogP contribution < -0.4 is 14.4 Å². The molecular weight excluding hydrogens is 410 g/mol. The van der Waals surface area contributed by atoms with Gasteiger partial charge in [-0.2, -0.15) is 0 Å². The van der Waals surface area contributed by atoms with E-state index in [2.05, 4.69) is 0 Å². The largest absolute Gasteiger partial charge is 0.478 e. The van der Waals surface area contributed by atoms with E-state index >= 15 is 0 Å². The summed E-state index contributed by atoms with van der Waals surface area (Å²) >= 11 is 0. The zero-order valence-electron chi connectivity index (χ0n) is 16.7. The minimum Gasteiger partial charge on any atom is -0.478 e. The van der Waals surface area contributed by atoms with E-state index in [0.29, 0.717) is 18.2 Å². The molecule has 1 amide bonds. The maximum atomic E-state index is 11.9. The van der Waals surface area contributed by atoms with Gasteiger partial charge in [-0.3, -0.25) is 4.79 Å². The Morgan fingerprint density at radius 3 is 2.23 bits per heavy atom. The Morgan fingerprint density at radius 2 is 1.70 bits per heavy atom. The van der Waals surface area contributed by atoms with Crippen LogP contribution in [0.2, 0.25) is 0 Å². The van der Waals surface area contributed by atoms with Crippen molar-refractivity contribution in [1.82, 2.24) is 0 Å². The number of carboxylic acids is 1. The van der Waals surface area contributed by atoms with Crippen molar-refractivity contribution >= 4 is 27.4 Å². The molecule has 0 atom stereocenters. The van der Waals surface area contributed by atoms with Crippen LogP contribution in [0.5, 0.6) is 17.2 Å². The number of hydrogen-bond acceptors (Lipinski definition) is 6. The number of anilines is 1. The Morgan fingerprint density at radius 1 is 1.07 bits per heavy atom. The molecule has 1 aliphatic carbocycles. The SMILES string of the molecule is CC(=O)N(CC1CC1)c1ccc(Oc2cc(OCS(C)(=O)=O)cc(C(=O)O)c2)cc1. The monoisotopic (exact) mass is 433 g/mol. The molecule has 0 heterocycles. The second kappa shape index (κ2) is 8.74. The molecule has 2 aromatic carbocycles. The molecule has 8 nitrogen and oxygen atoms in total. The van der Waals surface area contributed by atoms with Gasteiger partial charge in [-0.15, -0.1) is 0 Å². The van der Waals surface area contributed by atoms with Crippen LogP contribution in [-0.2, 0) is 14.6 Å². The zero-order chi connectivity index (χ0) is 21.9. The van der Waals surface area contributed by atoms with E-state index in [1.807, 2.05) is 0 Å². The molecule has 160 valence electrons. The smallest absolute Gasteiger partial charge is 0.335 e. The molecule has 3 rings (SSSR count). The molecule has 0 saturated heterocycles. The molecule has 0 bridgehead atoms. The Kier molecular flexibility index (Phi) is 6.31. The van der Waals surface area contributed by atoms with Gasteiger partial charge in [-0.05, 0) is 55.2 Å². The lowest BCUT2D eigenvalue weighted by Crippen LogP contribution is -2.30. The number of benzene rings is 2. The summed E-state index contributed by atoms with van der Waals surface area (Å²) < 4.78 is 33.5. The van der Waals surface area contributed by atoms with Crippen molar-refractivity contribution in [1.29, 1.82) is 0 Å². The van der Waals surface area contributed by atoms with Gasteiger partial charge in [0.05, 0.1) is 5.56 Å². The zero-order valence-corrected chi connectivity index (χ0v) is 17.5. The number of aromatic carboxylic acids is 1. The van der Waals surface area contributed by atoms with Crippen molar-refractivity contribution in [2.75, 3.05) is 23.6 Å². The first-order valence-electron chi connectivity index (χ1n) is 9.35. The first kappa shape index (κ1) is 21.6. The van der Waals surface area contributed by atoms with Crippen LogP contribution in [0.4, 0.5) is 5.69 Å². The van der Waals surface area contributed by atoms with Crippen molar-refractivity contribution in [3.05, 3.63) is 48.0 Å². The number of carbonyl (C=O) groups excluding carboxylic acids is 1. The molecule has 1 aliphatic rings. The molecular formula is C21H23NO7S. The van der Waals surface area contributed by atoms with Gasteiger partial charge in [0.15, 0.2) is 15.8 Å². The van der Waals surface area contributed by atoms with Gasteiger partial charge in [-0.1, -0.05) is 0 Å². The summed E-state index contributed by atoms with van der Waals surface area (Å²) in [5.74, 6) is -0.563. The lowest BCUT2D eigenvalue weighted by molar-refractivity contribution is -0.116. The van der Waals surface area contributed by atoms with E-state index < -0.39 is 21.7 Å². The number of amides is 1. The quantitative estimate of drug-likeness (QED) is 0.646. The first-order valence-corrected chi connectivity index (χ1v) is 11.4. The van der Waals surface area contributed by atoms with E-state index in [-0.39, 0.29) is 23.0 Å². The summed E-state index contributed by atoms with van der Waals surface area (Å²) in [5, 5.41) is 9.29. The van der Waals surface area contributed by atoms with Crippen molar-refractivity contribution in [3.8, 4) is 17.2 Å². The van der Waals surface area contributed by atoms with Gasteiger partial charge in [0.25, 0.3) is 0 Å². The maximum absolute atomic E-state index is 11.9. The Balaban J connectivity index is 1.78. The molecule has 0 aromatic heterocycles. The summed E-state index contributed by atoms with van der Waals surface area (Å²) in [7, 11) is -3.39. The van der Waals surface area contributed by atoms with Crippen LogP contribution in [-0.4, -0.2) is 44.1 Å². The van der Waals surface area contributed by atoms with Crippen LogP contribution in [0.1, 0.15) is 30.1 Å². The fourth-order valence-electron chi connectivity index (χ4n) is 2.82. The molecule has 9 heteroatoms. The molecule has 1 saturated carbocycles. The predicted octanol–water partition coefficient (Wildman–Crippen LogP) is 3.32. The highest BCUT2D eigenvalue weighted by Gasteiger charge is 2.26. The highest BCUT2D eigenvalue weighted by molar-refractivity contribution is 7.90. The van der Waals surface area contributed by atoms with E-state index in [0.717, 1.165) is 24.8 Å². The summed E-state index contributed by atoms with van der Waals surface area (Å²) in [6.45, 7) is 2.22. The van der Waals surface area contributed by atoms with Crippen LogP contribution >= 0.6 is 0 Å². The number of hydrogen-bond donors (Lipinski definition) is 1. The van der Waals surface area contributed by atoms with E-state index in [1.165, 1.54) is 25.1 Å². The highest BCUT2D eigenvalue weighted by Crippen LogP contribution is 2.33. The summed E-state index contributed by atoms with van der Waals surface area (Å²) in [4.78, 5) is 25.0. The van der Waals surface area contributed by atoms with Gasteiger partial charge in [0, 0.05) is 31.5 Å². The number of rotatable bonds is 9. The van der Waals surface area contributed by atoms with Crippen molar-refractivity contribution in [2.45, 2.75) is 19.8 Å². The fourth-order valence-corrected chi connectivity index (χ4v) is 3.17. The van der Waals surface area contributed by atoms with E-state index in [4.69, 9.17) is 9.47 Å². The fraction of sp³-hybridized carbons (Fsp3) is 0.333. The molecule has 30 heavy (non-hydrogen) atoms. The lowest BCUT2D eigenvalue weighted by atomic mass is 10.2. The average Bonchev–Trinajstić information content (AvgIpc) is 3.48. The number of ether oxygens (including phenoxy) is 2. The molecule has 0 spiro atoms. The Bertz CT molecular complexity index is 1040. The second-order valence-electron chi connectivity index (χ2n) is 7.36. The Hall–Kier alpha value is -3.07. The molecule has 2 aromatic rings. The summed E-state index contributed by atoms with van der Waals surface area (Å²) in [5.41, 5.74) is 0.665. The van der Waals surface area contributed by atoms with Crippen LogP contribution in [0.3, 0.4) is 0 Å². The number of nitrogens with zero attached hydrogens (tertiary/aromatic N) is 1. The van der Waals surface area contributed by atoms with Crippen molar-refractivity contribution in [2.24, 2.45) is 5.92 Å². The molecule has 0 radical (unpaired) electrons. The van der Waals surface area contributed by atoms with Gasteiger partial charge in [-0.25, -0.2) is 13.2 Å². The predicted molar refractivity (Wildman–Crippen MR) is 111 cm³/mol. The van der Waals surface area contributed by atoms with Gasteiger partial charge >= 0.3 is 5.97 Å². The number of sulfone groups is 1. The van der Waals surface area contributed by atoms with Crippen LogP contribution in [0.25, 0.3) is 0 Å². The van der Waals surface area contributed by atoms with Crippen molar-refractivity contribution < 1.29 is 32.6 Å². The Labute approximate surface area is 174 Å². The number of carbonyl (C=O) groups is 2. The topological polar surface area (TPSA) is 110 Å². The third-order valence-corrected chi connectivity index (χ3v) is 5.01. The van der Waals surface area contributed by atoms with E-state index in [1.54, 1.807) is 29.2 Å². The first-order chi connectivity index (χ1) is 14.1. The maximum Gasteiger partial charge on any atom is 0.335 e. The second-order valence-corrected chi connectivity index (χ2v) is 9.44. The minimum atomic E-state index is -3.39. The van der Waals surface area contributed by atoms with Gasteiger partial charge in [0.1, 0.15) is 17.2 Å². The molecule has 0 unspecified atom stereocenters. The normalized spacial score (nSPS) is 13.5. The van der Waals surface area contributed by atoms with Gasteiger partial charge in [0.2, 0.25) is 5.91 Å². The average molecular weight is 433 g/mol. The summed E-state index contributed by atoms with van der Waals surface area (Å²) in [6, 6.07) is 10.9. The lowest BCUT2D eigenvalue weighted by Gasteiger charge is -2.21. The number of carboxylic acid groups (broad SMARTS) is 1. The highest BCUT2D eigenvalue weighted by atomic mass is 32.2. The minimum absolute atomic E-state index is 0.0302. The van der Waals surface area contributed by atoms with Crippen LogP contribution in [0, 0.1) is 5.92 Å². The molecule has 1 fully saturated rings. The summed E-state index contributed by atoms with van der Waals surface area (Å²) in [6.07, 6.45) is 3.28. The van der Waals surface area contributed by atoms with Gasteiger partial charge < -0.3 is 19.5 Å². The van der Waals surface area contributed by atoms with Crippen molar-refractivity contribution in [3.63, 3.8) is 0 Å². The standard InChI is InChI=1S/C21H23NO7S/c1-14(23)22(12-15-3-4-15)17-5-7-18(8-6-17)29-20-10-16(21(24)25)9-19(11-20)28-13-30(2,26)27/h5-11,15H,3-4,12-13H2,1-2H3,(H,24,25).